The van der Waals surface area contributed by atoms with Crippen LogP contribution in [0.4, 0.5) is 10.8 Å². The minimum atomic E-state index is -0.541. The number of non-ortho nitro benzene ring substituents is 1. The van der Waals surface area contributed by atoms with Crippen LogP contribution in [0.3, 0.4) is 0 Å². The van der Waals surface area contributed by atoms with Gasteiger partial charge in [0.15, 0.2) is 5.13 Å². The number of aryl methyl sites for hydroxylation is 2. The number of aromatic nitrogens is 1. The van der Waals surface area contributed by atoms with Crippen molar-refractivity contribution in [2.75, 3.05) is 44.2 Å². The van der Waals surface area contributed by atoms with E-state index >= 15 is 0 Å². The van der Waals surface area contributed by atoms with Crippen LogP contribution in [0.25, 0.3) is 10.2 Å². The highest BCUT2D eigenvalue weighted by atomic mass is 35.5. The van der Waals surface area contributed by atoms with Crippen molar-refractivity contribution in [1.82, 2.24) is 15.2 Å². The second-order valence-corrected chi connectivity index (χ2v) is 9.32. The maximum Gasteiger partial charge on any atom is 0.270 e. The number of benzene rings is 2. The van der Waals surface area contributed by atoms with Gasteiger partial charge in [-0.2, -0.15) is 0 Å². The third-order valence-electron chi connectivity index (χ3n) is 5.57. The van der Waals surface area contributed by atoms with Crippen molar-refractivity contribution in [2.24, 2.45) is 0 Å². The van der Waals surface area contributed by atoms with Gasteiger partial charge >= 0.3 is 0 Å². The summed E-state index contributed by atoms with van der Waals surface area (Å²) in [5.41, 5.74) is 3.52. The number of amides is 1. The topological polar surface area (TPSA) is 91.6 Å². The van der Waals surface area contributed by atoms with E-state index in [1.54, 1.807) is 11.3 Å². The summed E-state index contributed by atoms with van der Waals surface area (Å²) in [5.74, 6) is -0.405. The summed E-state index contributed by atoms with van der Waals surface area (Å²) in [6.45, 7) is 8.87. The van der Waals surface area contributed by atoms with Gasteiger partial charge in [-0.25, -0.2) is 4.98 Å². The third-order valence-corrected chi connectivity index (χ3v) is 7.17. The van der Waals surface area contributed by atoms with Crippen LogP contribution < -0.4 is 10.2 Å². The molecule has 0 bridgehead atoms. The number of nitro benzene ring substituents is 1. The Bertz CT molecular complexity index is 1170. The molecule has 4 rings (SSSR count). The highest BCUT2D eigenvalue weighted by Gasteiger charge is 2.21. The number of anilines is 1. The van der Waals surface area contributed by atoms with Crippen molar-refractivity contribution >= 4 is 49.9 Å². The van der Waals surface area contributed by atoms with Crippen LogP contribution in [-0.4, -0.2) is 60.0 Å². The molecular formula is C22H24ClN5O3S. The van der Waals surface area contributed by atoms with Crippen LogP contribution in [0.2, 0.25) is 5.02 Å². The molecule has 0 radical (unpaired) electrons. The van der Waals surface area contributed by atoms with Crippen molar-refractivity contribution in [3.05, 3.63) is 62.2 Å². The molecule has 0 aliphatic carbocycles. The van der Waals surface area contributed by atoms with Gasteiger partial charge in [-0.3, -0.25) is 19.8 Å². The van der Waals surface area contributed by atoms with E-state index in [0.717, 1.165) is 36.8 Å². The molecule has 2 heterocycles. The first-order chi connectivity index (χ1) is 15.3. The largest absolute Gasteiger partial charge is 0.351 e. The molecule has 0 saturated carbocycles. The third kappa shape index (κ3) is 4.85. The average Bonchev–Trinajstić information content (AvgIpc) is 3.18. The smallest absolute Gasteiger partial charge is 0.270 e. The molecule has 0 atom stereocenters. The van der Waals surface area contributed by atoms with Crippen molar-refractivity contribution in [2.45, 2.75) is 13.8 Å². The van der Waals surface area contributed by atoms with Crippen LogP contribution in [0.1, 0.15) is 21.5 Å². The molecule has 8 nitrogen and oxygen atoms in total. The molecule has 1 amide bonds. The Balaban J connectivity index is 1.29. The molecule has 3 aromatic rings. The Labute approximate surface area is 194 Å². The Morgan fingerprint density at radius 3 is 2.69 bits per heavy atom. The summed E-state index contributed by atoms with van der Waals surface area (Å²) in [6, 6.07) is 8.19. The summed E-state index contributed by atoms with van der Waals surface area (Å²) >= 11 is 7.78. The first-order valence-corrected chi connectivity index (χ1v) is 11.6. The zero-order chi connectivity index (χ0) is 22.8. The Hall–Kier alpha value is -2.75. The molecule has 32 heavy (non-hydrogen) atoms. The normalized spacial score (nSPS) is 14.7. The van der Waals surface area contributed by atoms with Crippen molar-refractivity contribution < 1.29 is 9.72 Å². The van der Waals surface area contributed by atoms with Crippen LogP contribution >= 0.6 is 22.9 Å². The average molecular weight is 474 g/mol. The van der Waals surface area contributed by atoms with Gasteiger partial charge in [-0.05, 0) is 37.1 Å². The van der Waals surface area contributed by atoms with E-state index in [4.69, 9.17) is 16.6 Å². The number of halogens is 1. The van der Waals surface area contributed by atoms with E-state index in [1.807, 2.05) is 0 Å². The molecular weight excluding hydrogens is 450 g/mol. The van der Waals surface area contributed by atoms with Crippen LogP contribution in [0.5, 0.6) is 0 Å². The Morgan fingerprint density at radius 1 is 1.22 bits per heavy atom. The van der Waals surface area contributed by atoms with E-state index in [1.165, 1.54) is 34.0 Å². The molecule has 1 aliphatic heterocycles. The highest BCUT2D eigenvalue weighted by molar-refractivity contribution is 7.22. The fourth-order valence-electron chi connectivity index (χ4n) is 3.89. The van der Waals surface area contributed by atoms with Crippen LogP contribution in [0.15, 0.2) is 30.3 Å². The molecule has 168 valence electrons. The van der Waals surface area contributed by atoms with E-state index in [2.05, 4.69) is 41.1 Å². The molecule has 2 aromatic carbocycles. The number of hydrogen-bond donors (Lipinski definition) is 1. The summed E-state index contributed by atoms with van der Waals surface area (Å²) in [4.78, 5) is 32.2. The van der Waals surface area contributed by atoms with Crippen molar-refractivity contribution in [1.29, 1.82) is 0 Å². The number of carbonyl (C=O) groups is 1. The number of rotatable bonds is 6. The zero-order valence-electron chi connectivity index (χ0n) is 17.9. The van der Waals surface area contributed by atoms with E-state index in [9.17, 15) is 14.9 Å². The number of piperazine rings is 1. The number of nitro groups is 1. The standard InChI is InChI=1S/C22H24ClN5O3S/c1-14-11-15(2)20-19(12-14)25-22(32-20)27-9-7-26(8-10-27)6-5-24-21(29)17-13-16(28(30)31)3-4-18(17)23/h3-4,11-13H,5-10H2,1-2H3,(H,24,29). The van der Waals surface area contributed by atoms with Gasteiger partial charge < -0.3 is 10.2 Å². The first kappa shape index (κ1) is 22.4. The molecule has 1 fully saturated rings. The molecule has 10 heteroatoms. The van der Waals surface area contributed by atoms with E-state index < -0.39 is 10.8 Å². The van der Waals surface area contributed by atoms with Gasteiger partial charge in [0, 0.05) is 51.4 Å². The quantitative estimate of drug-likeness (QED) is 0.429. The van der Waals surface area contributed by atoms with Gasteiger partial charge in [0.25, 0.3) is 11.6 Å². The van der Waals surface area contributed by atoms with Gasteiger partial charge in [0.05, 0.1) is 25.7 Å². The number of fused-ring (bicyclic) bond motifs is 1. The fraction of sp³-hybridized carbons (Fsp3) is 0.364. The highest BCUT2D eigenvalue weighted by Crippen LogP contribution is 2.32. The number of hydrogen-bond acceptors (Lipinski definition) is 7. The summed E-state index contributed by atoms with van der Waals surface area (Å²) in [7, 11) is 0. The SMILES string of the molecule is Cc1cc(C)c2sc(N3CCN(CCNC(=O)c4cc([N+](=O)[O-])ccc4Cl)CC3)nc2c1. The fourth-order valence-corrected chi connectivity index (χ4v) is 5.16. The number of nitrogens with zero attached hydrogens (tertiary/aromatic N) is 4. The Kier molecular flexibility index (Phi) is 6.59. The lowest BCUT2D eigenvalue weighted by atomic mass is 10.1. The minimum absolute atomic E-state index is 0.118. The minimum Gasteiger partial charge on any atom is -0.351 e. The second-order valence-electron chi connectivity index (χ2n) is 7.93. The lowest BCUT2D eigenvalue weighted by Gasteiger charge is -2.34. The van der Waals surface area contributed by atoms with Gasteiger partial charge in [0.1, 0.15) is 0 Å². The lowest BCUT2D eigenvalue weighted by molar-refractivity contribution is -0.384. The second kappa shape index (κ2) is 9.40. The van der Waals surface area contributed by atoms with E-state index in [0.29, 0.717) is 13.1 Å². The molecule has 1 N–H and O–H groups in total. The van der Waals surface area contributed by atoms with E-state index in [-0.39, 0.29) is 16.3 Å². The van der Waals surface area contributed by atoms with Crippen LogP contribution in [-0.2, 0) is 0 Å². The van der Waals surface area contributed by atoms with Crippen molar-refractivity contribution in [3.8, 4) is 0 Å². The summed E-state index contributed by atoms with van der Waals surface area (Å²) < 4.78 is 1.25. The molecule has 0 spiro atoms. The molecule has 1 aromatic heterocycles. The van der Waals surface area contributed by atoms with Crippen LogP contribution in [0, 0.1) is 24.0 Å². The Morgan fingerprint density at radius 2 is 1.97 bits per heavy atom. The first-order valence-electron chi connectivity index (χ1n) is 10.4. The lowest BCUT2D eigenvalue weighted by Crippen LogP contribution is -2.48. The molecule has 1 aliphatic rings. The number of thiazole rings is 1. The predicted octanol–water partition coefficient (Wildman–Crippen LogP) is 4.03. The van der Waals surface area contributed by atoms with Crippen molar-refractivity contribution in [3.63, 3.8) is 0 Å². The molecule has 1 saturated heterocycles. The predicted molar refractivity (Wildman–Crippen MR) is 128 cm³/mol. The number of carbonyl (C=O) groups excluding carboxylic acids is 1. The van der Waals surface area contributed by atoms with Gasteiger partial charge in [-0.1, -0.05) is 29.0 Å². The maximum atomic E-state index is 12.4. The molecule has 0 unspecified atom stereocenters. The van der Waals surface area contributed by atoms with Gasteiger partial charge in [0.2, 0.25) is 0 Å². The summed E-state index contributed by atoms with van der Waals surface area (Å²) in [6.07, 6.45) is 0. The maximum absolute atomic E-state index is 12.4. The zero-order valence-corrected chi connectivity index (χ0v) is 19.5. The summed E-state index contributed by atoms with van der Waals surface area (Å²) in [5, 5.41) is 15.0. The van der Waals surface area contributed by atoms with Gasteiger partial charge in [-0.15, -0.1) is 0 Å². The monoisotopic (exact) mass is 473 g/mol. The number of nitrogens with one attached hydrogen (secondary N) is 1.